The Kier molecular flexibility index (Phi) is 8.73. The molecule has 0 atom stereocenters. The Morgan fingerprint density at radius 3 is 2.54 bits per heavy atom. The maximum absolute atomic E-state index is 13.3. The third kappa shape index (κ3) is 7.44. The average Bonchev–Trinajstić information content (AvgIpc) is 3.32. The van der Waals surface area contributed by atoms with Crippen LogP contribution in [0.4, 0.5) is 5.69 Å². The molecule has 1 aliphatic rings. The molecule has 2 aromatic heterocycles. The van der Waals surface area contributed by atoms with Gasteiger partial charge in [-0.2, -0.15) is 0 Å². The summed E-state index contributed by atoms with van der Waals surface area (Å²) in [5, 5.41) is 5.75. The number of nitrogens with zero attached hydrogens (tertiary/aromatic N) is 2. The summed E-state index contributed by atoms with van der Waals surface area (Å²) in [7, 11) is 0. The van der Waals surface area contributed by atoms with Crippen LogP contribution in [-0.4, -0.2) is 45.9 Å². The lowest BCUT2D eigenvalue weighted by molar-refractivity contribution is 0.00692. The Balaban J connectivity index is 1.56. The van der Waals surface area contributed by atoms with Gasteiger partial charge in [0.15, 0.2) is 0 Å². The van der Waals surface area contributed by atoms with Crippen LogP contribution < -0.4 is 10.6 Å². The second kappa shape index (κ2) is 11.9. The van der Waals surface area contributed by atoms with E-state index in [4.69, 9.17) is 16.3 Å². The molecule has 0 radical (unpaired) electrons. The van der Waals surface area contributed by atoms with Crippen LogP contribution in [0.3, 0.4) is 0 Å². The minimum absolute atomic E-state index is 0.126. The Hall–Kier alpha value is -3.27. The van der Waals surface area contributed by atoms with Crippen LogP contribution in [0.15, 0.2) is 42.5 Å². The van der Waals surface area contributed by atoms with E-state index >= 15 is 0 Å². The molecular formula is C29H33ClN4O4S. The molecule has 3 aromatic rings. The van der Waals surface area contributed by atoms with Crippen molar-refractivity contribution in [2.24, 2.45) is 0 Å². The van der Waals surface area contributed by atoms with Crippen molar-refractivity contribution in [3.8, 4) is 0 Å². The SMILES string of the molecule is CC(C)N1CCc2nc(C(=O)Nc3cc(C(=O)OC(C)(C)C)ccc3CNC(=O)c3ccc(Cl)s3)ccc2C1. The van der Waals surface area contributed by atoms with Gasteiger partial charge in [0.25, 0.3) is 11.8 Å². The molecule has 206 valence electrons. The van der Waals surface area contributed by atoms with Crippen LogP contribution in [0.5, 0.6) is 0 Å². The average molecular weight is 569 g/mol. The van der Waals surface area contributed by atoms with E-state index in [1.54, 1.807) is 57.2 Å². The van der Waals surface area contributed by atoms with Crippen molar-refractivity contribution >= 4 is 46.4 Å². The van der Waals surface area contributed by atoms with Crippen LogP contribution in [0.1, 0.15) is 82.0 Å². The van der Waals surface area contributed by atoms with Crippen molar-refractivity contribution in [2.45, 2.75) is 65.8 Å². The predicted molar refractivity (Wildman–Crippen MR) is 154 cm³/mol. The van der Waals surface area contributed by atoms with Crippen LogP contribution in [0, 0.1) is 0 Å². The third-order valence-corrected chi connectivity index (χ3v) is 7.50. The molecule has 0 saturated carbocycles. The van der Waals surface area contributed by atoms with Gasteiger partial charge in [0, 0.05) is 43.5 Å². The number of halogens is 1. The number of carbonyl (C=O) groups excluding carboxylic acids is 3. The Morgan fingerprint density at radius 1 is 1.10 bits per heavy atom. The second-order valence-electron chi connectivity index (χ2n) is 10.7. The summed E-state index contributed by atoms with van der Waals surface area (Å²) in [5.41, 5.74) is 2.95. The summed E-state index contributed by atoms with van der Waals surface area (Å²) < 4.78 is 6.02. The lowest BCUT2D eigenvalue weighted by Crippen LogP contribution is -2.36. The molecular weight excluding hydrogens is 536 g/mol. The summed E-state index contributed by atoms with van der Waals surface area (Å²) >= 11 is 7.14. The van der Waals surface area contributed by atoms with Gasteiger partial charge in [-0.25, -0.2) is 9.78 Å². The molecule has 0 aliphatic carbocycles. The zero-order chi connectivity index (χ0) is 28.3. The topological polar surface area (TPSA) is 101 Å². The fraction of sp³-hybridized carbons (Fsp3) is 0.379. The molecule has 0 fully saturated rings. The first-order valence-electron chi connectivity index (χ1n) is 12.8. The maximum Gasteiger partial charge on any atom is 0.338 e. The molecule has 1 aromatic carbocycles. The largest absolute Gasteiger partial charge is 0.456 e. The molecule has 39 heavy (non-hydrogen) atoms. The minimum Gasteiger partial charge on any atom is -0.456 e. The van der Waals surface area contributed by atoms with Gasteiger partial charge in [-0.3, -0.25) is 14.5 Å². The first-order chi connectivity index (χ1) is 18.4. The number of anilines is 1. The van der Waals surface area contributed by atoms with Crippen molar-refractivity contribution in [3.05, 3.63) is 79.8 Å². The Bertz CT molecular complexity index is 1400. The molecule has 1 aliphatic heterocycles. The monoisotopic (exact) mass is 568 g/mol. The number of thiophene rings is 1. The van der Waals surface area contributed by atoms with Crippen molar-refractivity contribution in [2.75, 3.05) is 11.9 Å². The number of carbonyl (C=O) groups is 3. The number of fused-ring (bicyclic) bond motifs is 1. The second-order valence-corrected chi connectivity index (χ2v) is 12.4. The Morgan fingerprint density at radius 2 is 1.87 bits per heavy atom. The van der Waals surface area contributed by atoms with Crippen LogP contribution in [0.25, 0.3) is 0 Å². The molecule has 0 spiro atoms. The summed E-state index contributed by atoms with van der Waals surface area (Å²) in [6.07, 6.45) is 0.771. The number of hydrogen-bond acceptors (Lipinski definition) is 7. The van der Waals surface area contributed by atoms with Crippen molar-refractivity contribution in [3.63, 3.8) is 0 Å². The van der Waals surface area contributed by atoms with Gasteiger partial charge in [0.05, 0.1) is 14.8 Å². The molecule has 0 bridgehead atoms. The number of ether oxygens (including phenoxy) is 1. The zero-order valence-corrected chi connectivity index (χ0v) is 24.3. The number of aromatic nitrogens is 1. The smallest absolute Gasteiger partial charge is 0.338 e. The van der Waals surface area contributed by atoms with Crippen molar-refractivity contribution < 1.29 is 19.1 Å². The van der Waals surface area contributed by atoms with Gasteiger partial charge in [-0.1, -0.05) is 23.7 Å². The summed E-state index contributed by atoms with van der Waals surface area (Å²) in [4.78, 5) is 46.1. The Labute approximate surface area is 237 Å². The first kappa shape index (κ1) is 28.7. The summed E-state index contributed by atoms with van der Waals surface area (Å²) in [5.74, 6) is -1.20. The van der Waals surface area contributed by atoms with E-state index < -0.39 is 17.5 Å². The minimum atomic E-state index is -0.673. The van der Waals surface area contributed by atoms with Crippen molar-refractivity contribution in [1.82, 2.24) is 15.2 Å². The van der Waals surface area contributed by atoms with Gasteiger partial charge in [0.1, 0.15) is 11.3 Å². The fourth-order valence-corrected chi connectivity index (χ4v) is 5.16. The fourth-order valence-electron chi connectivity index (χ4n) is 4.20. The van der Waals surface area contributed by atoms with E-state index in [2.05, 4.69) is 34.4 Å². The zero-order valence-electron chi connectivity index (χ0n) is 22.8. The van der Waals surface area contributed by atoms with Gasteiger partial charge in [0.2, 0.25) is 0 Å². The van der Waals surface area contributed by atoms with E-state index in [9.17, 15) is 14.4 Å². The molecule has 10 heteroatoms. The number of pyridine rings is 1. The maximum atomic E-state index is 13.3. The summed E-state index contributed by atoms with van der Waals surface area (Å²) in [6, 6.07) is 12.3. The normalized spacial score (nSPS) is 13.6. The molecule has 2 amide bonds. The molecule has 3 heterocycles. The lowest BCUT2D eigenvalue weighted by atomic mass is 10.0. The van der Waals surface area contributed by atoms with Crippen LogP contribution >= 0.6 is 22.9 Å². The predicted octanol–water partition coefficient (Wildman–Crippen LogP) is 5.70. The standard InChI is InChI=1S/C29H33ClN4O4S/c1-17(2)34-13-12-21-20(16-34)8-9-22(32-21)26(35)33-23-14-18(28(37)38-29(3,4)5)6-7-19(23)15-31-27(36)24-10-11-25(30)39-24/h6-11,14,17H,12-13,15-16H2,1-5H3,(H,31,36)(H,33,35). The van der Waals surface area contributed by atoms with Gasteiger partial charge in [-0.15, -0.1) is 11.3 Å². The molecule has 0 unspecified atom stereocenters. The van der Waals surface area contributed by atoms with Crippen LogP contribution in [-0.2, 0) is 24.2 Å². The lowest BCUT2D eigenvalue weighted by Gasteiger charge is -2.31. The van der Waals surface area contributed by atoms with E-state index in [-0.39, 0.29) is 23.7 Å². The highest BCUT2D eigenvalue weighted by molar-refractivity contribution is 7.18. The number of amides is 2. The van der Waals surface area contributed by atoms with E-state index in [0.717, 1.165) is 30.8 Å². The van der Waals surface area contributed by atoms with Gasteiger partial charge < -0.3 is 15.4 Å². The molecule has 2 N–H and O–H groups in total. The number of rotatable bonds is 7. The van der Waals surface area contributed by atoms with Gasteiger partial charge >= 0.3 is 5.97 Å². The van der Waals surface area contributed by atoms with Crippen molar-refractivity contribution in [1.29, 1.82) is 0 Å². The molecule has 8 nitrogen and oxygen atoms in total. The molecule has 0 saturated heterocycles. The highest BCUT2D eigenvalue weighted by Gasteiger charge is 2.23. The number of nitrogens with one attached hydrogen (secondary N) is 2. The quantitative estimate of drug-likeness (QED) is 0.355. The number of hydrogen-bond donors (Lipinski definition) is 2. The number of esters is 1. The van der Waals surface area contributed by atoms with E-state index in [1.807, 2.05) is 6.07 Å². The molecule has 4 rings (SSSR count). The van der Waals surface area contributed by atoms with E-state index in [1.165, 1.54) is 11.3 Å². The van der Waals surface area contributed by atoms with Crippen LogP contribution in [0.2, 0.25) is 4.34 Å². The number of benzene rings is 1. The first-order valence-corrected chi connectivity index (χ1v) is 14.0. The van der Waals surface area contributed by atoms with Gasteiger partial charge in [-0.05, 0) is 76.1 Å². The highest BCUT2D eigenvalue weighted by Crippen LogP contribution is 2.24. The van der Waals surface area contributed by atoms with E-state index in [0.29, 0.717) is 26.5 Å². The summed E-state index contributed by atoms with van der Waals surface area (Å²) in [6.45, 7) is 11.5. The third-order valence-electron chi connectivity index (χ3n) is 6.27. The highest BCUT2D eigenvalue weighted by atomic mass is 35.5.